The van der Waals surface area contributed by atoms with E-state index < -0.39 is 0 Å². The predicted octanol–water partition coefficient (Wildman–Crippen LogP) is 3.71. The number of benzene rings is 1. The number of carbonyl (C=O) groups is 1. The molecule has 3 nitrogen and oxygen atoms in total. The van der Waals surface area contributed by atoms with Crippen molar-refractivity contribution in [2.45, 2.75) is 26.8 Å². The Hall–Kier alpha value is -1.81. The van der Waals surface area contributed by atoms with Crippen LogP contribution in [0.2, 0.25) is 0 Å². The van der Waals surface area contributed by atoms with Gasteiger partial charge in [0.15, 0.2) is 5.78 Å². The molecule has 19 heavy (non-hydrogen) atoms. The molecule has 2 aromatic rings. The van der Waals surface area contributed by atoms with Gasteiger partial charge >= 0.3 is 0 Å². The molecule has 0 unspecified atom stereocenters. The molecule has 1 aromatic heterocycles. The molecule has 0 atom stereocenters. The summed E-state index contributed by atoms with van der Waals surface area (Å²) >= 11 is 1.82. The fraction of sp³-hybridized carbons (Fsp3) is 0.267. The number of rotatable bonds is 5. The van der Waals surface area contributed by atoms with Crippen molar-refractivity contribution in [3.8, 4) is 0 Å². The van der Waals surface area contributed by atoms with E-state index in [1.165, 1.54) is 16.7 Å². The molecule has 0 aliphatic heterocycles. The topological polar surface area (TPSA) is 55.1 Å². The maximum atomic E-state index is 11.3. The number of nitrogens with two attached hydrogens (primary N) is 1. The number of anilines is 2. The van der Waals surface area contributed by atoms with Gasteiger partial charge in [0.05, 0.1) is 0 Å². The summed E-state index contributed by atoms with van der Waals surface area (Å²) in [6, 6.07) is 9.77. The fourth-order valence-electron chi connectivity index (χ4n) is 1.89. The summed E-state index contributed by atoms with van der Waals surface area (Å²) in [4.78, 5) is 14.0. The van der Waals surface area contributed by atoms with E-state index in [2.05, 4.69) is 24.4 Å². The normalized spacial score (nSPS) is 10.4. The van der Waals surface area contributed by atoms with Gasteiger partial charge in [0.25, 0.3) is 0 Å². The minimum atomic E-state index is -0.00473. The molecule has 0 fully saturated rings. The van der Waals surface area contributed by atoms with E-state index in [4.69, 9.17) is 5.73 Å². The standard InChI is InChI=1S/C15H18N2OS/c1-3-12-5-6-13(19-12)9-17-11-4-7-14(10(2)18)15(16)8-11/h4-8,17H,3,9,16H2,1-2H3. The highest BCUT2D eigenvalue weighted by Gasteiger charge is 2.05. The van der Waals surface area contributed by atoms with Crippen LogP contribution in [0.1, 0.15) is 34.0 Å². The third kappa shape index (κ3) is 3.35. The van der Waals surface area contributed by atoms with Crippen LogP contribution in [0, 0.1) is 0 Å². The molecule has 3 N–H and O–H groups in total. The number of hydrogen-bond donors (Lipinski definition) is 2. The zero-order valence-electron chi connectivity index (χ0n) is 11.2. The molecular formula is C15H18N2OS. The molecule has 0 spiro atoms. The molecule has 0 aliphatic carbocycles. The average Bonchev–Trinajstić information content (AvgIpc) is 2.84. The van der Waals surface area contributed by atoms with Gasteiger partial charge in [-0.15, -0.1) is 11.3 Å². The Bertz CT molecular complexity index is 590. The van der Waals surface area contributed by atoms with Gasteiger partial charge in [-0.1, -0.05) is 6.92 Å². The number of thiophene rings is 1. The molecule has 0 saturated heterocycles. The van der Waals surface area contributed by atoms with E-state index in [1.807, 2.05) is 23.5 Å². The molecule has 4 heteroatoms. The minimum absolute atomic E-state index is 0.00473. The molecule has 0 bridgehead atoms. The van der Waals surface area contributed by atoms with Gasteiger partial charge in [-0.25, -0.2) is 0 Å². The van der Waals surface area contributed by atoms with Gasteiger partial charge in [-0.2, -0.15) is 0 Å². The lowest BCUT2D eigenvalue weighted by molar-refractivity contribution is 0.101. The van der Waals surface area contributed by atoms with Crippen molar-refractivity contribution in [2.24, 2.45) is 0 Å². The second kappa shape index (κ2) is 5.89. The van der Waals surface area contributed by atoms with E-state index in [1.54, 1.807) is 6.07 Å². The lowest BCUT2D eigenvalue weighted by Crippen LogP contribution is -2.02. The van der Waals surface area contributed by atoms with Crippen molar-refractivity contribution in [1.29, 1.82) is 0 Å². The zero-order chi connectivity index (χ0) is 13.8. The van der Waals surface area contributed by atoms with E-state index in [9.17, 15) is 4.79 Å². The predicted molar refractivity (Wildman–Crippen MR) is 81.9 cm³/mol. The Kier molecular flexibility index (Phi) is 4.22. The summed E-state index contributed by atoms with van der Waals surface area (Å²) in [6.07, 6.45) is 1.07. The summed E-state index contributed by atoms with van der Waals surface area (Å²) < 4.78 is 0. The first-order valence-electron chi connectivity index (χ1n) is 6.32. The van der Waals surface area contributed by atoms with Crippen LogP contribution in [0.3, 0.4) is 0 Å². The second-order valence-corrected chi connectivity index (χ2v) is 5.69. The van der Waals surface area contributed by atoms with Crippen LogP contribution in [0.4, 0.5) is 11.4 Å². The summed E-state index contributed by atoms with van der Waals surface area (Å²) in [6.45, 7) is 4.46. The number of carbonyl (C=O) groups excluding carboxylic acids is 1. The van der Waals surface area contributed by atoms with Crippen molar-refractivity contribution >= 4 is 28.5 Å². The van der Waals surface area contributed by atoms with Crippen LogP contribution >= 0.6 is 11.3 Å². The quantitative estimate of drug-likeness (QED) is 0.645. The molecule has 1 heterocycles. The monoisotopic (exact) mass is 274 g/mol. The molecule has 1 aromatic carbocycles. The van der Waals surface area contributed by atoms with Crippen molar-refractivity contribution < 1.29 is 4.79 Å². The highest BCUT2D eigenvalue weighted by molar-refractivity contribution is 7.12. The number of nitrogens with one attached hydrogen (secondary N) is 1. The lowest BCUT2D eigenvalue weighted by atomic mass is 10.1. The van der Waals surface area contributed by atoms with Crippen LogP contribution in [0.15, 0.2) is 30.3 Å². The van der Waals surface area contributed by atoms with Crippen LogP contribution in [0.5, 0.6) is 0 Å². The van der Waals surface area contributed by atoms with E-state index >= 15 is 0 Å². The van der Waals surface area contributed by atoms with Crippen molar-refractivity contribution in [1.82, 2.24) is 0 Å². The maximum absolute atomic E-state index is 11.3. The zero-order valence-corrected chi connectivity index (χ0v) is 12.0. The number of hydrogen-bond acceptors (Lipinski definition) is 4. The van der Waals surface area contributed by atoms with Crippen molar-refractivity contribution in [3.05, 3.63) is 45.6 Å². The first kappa shape index (κ1) is 13.6. The van der Waals surface area contributed by atoms with Crippen LogP contribution in [-0.4, -0.2) is 5.78 Å². The fourth-order valence-corrected chi connectivity index (χ4v) is 2.79. The Balaban J connectivity index is 2.03. The molecule has 100 valence electrons. The SMILES string of the molecule is CCc1ccc(CNc2ccc(C(C)=O)c(N)c2)s1. The van der Waals surface area contributed by atoms with Gasteiger partial charge in [0.1, 0.15) is 0 Å². The van der Waals surface area contributed by atoms with Gasteiger partial charge in [-0.05, 0) is 43.7 Å². The minimum Gasteiger partial charge on any atom is -0.398 e. The van der Waals surface area contributed by atoms with Gasteiger partial charge < -0.3 is 11.1 Å². The van der Waals surface area contributed by atoms with Gasteiger partial charge in [-0.3, -0.25) is 4.79 Å². The van der Waals surface area contributed by atoms with E-state index in [0.29, 0.717) is 11.3 Å². The Morgan fingerprint density at radius 2 is 2.00 bits per heavy atom. The Labute approximate surface area is 117 Å². The maximum Gasteiger partial charge on any atom is 0.161 e. The van der Waals surface area contributed by atoms with Crippen molar-refractivity contribution in [2.75, 3.05) is 11.1 Å². The number of nitrogen functional groups attached to an aromatic ring is 1. The summed E-state index contributed by atoms with van der Waals surface area (Å²) in [7, 11) is 0. The molecule has 0 amide bonds. The molecule has 2 rings (SSSR count). The van der Waals surface area contributed by atoms with Crippen LogP contribution in [-0.2, 0) is 13.0 Å². The van der Waals surface area contributed by atoms with Crippen molar-refractivity contribution in [3.63, 3.8) is 0 Å². The smallest absolute Gasteiger partial charge is 0.161 e. The Morgan fingerprint density at radius 3 is 2.58 bits per heavy atom. The van der Waals surface area contributed by atoms with E-state index in [-0.39, 0.29) is 5.78 Å². The molecule has 0 saturated carbocycles. The lowest BCUT2D eigenvalue weighted by Gasteiger charge is -2.08. The van der Waals surface area contributed by atoms with Gasteiger partial charge in [0.2, 0.25) is 0 Å². The van der Waals surface area contributed by atoms with Crippen LogP contribution in [0.25, 0.3) is 0 Å². The third-order valence-electron chi connectivity index (χ3n) is 2.96. The number of Topliss-reactive ketones (excluding diaryl/α,β-unsaturated/α-hetero) is 1. The average molecular weight is 274 g/mol. The van der Waals surface area contributed by atoms with Crippen LogP contribution < -0.4 is 11.1 Å². The second-order valence-electron chi connectivity index (χ2n) is 4.43. The molecule has 0 radical (unpaired) electrons. The highest BCUT2D eigenvalue weighted by Crippen LogP contribution is 2.21. The number of aryl methyl sites for hydroxylation is 1. The van der Waals surface area contributed by atoms with E-state index in [0.717, 1.165) is 18.7 Å². The largest absolute Gasteiger partial charge is 0.398 e. The molecular weight excluding hydrogens is 256 g/mol. The Morgan fingerprint density at radius 1 is 1.26 bits per heavy atom. The summed E-state index contributed by atoms with van der Waals surface area (Å²) in [5.41, 5.74) is 7.90. The summed E-state index contributed by atoms with van der Waals surface area (Å²) in [5.74, 6) is -0.00473. The molecule has 0 aliphatic rings. The summed E-state index contributed by atoms with van der Waals surface area (Å²) in [5, 5.41) is 3.32. The number of ketones is 1. The van der Waals surface area contributed by atoms with Gasteiger partial charge in [0, 0.05) is 33.2 Å². The first-order valence-corrected chi connectivity index (χ1v) is 7.13. The highest BCUT2D eigenvalue weighted by atomic mass is 32.1. The third-order valence-corrected chi connectivity index (χ3v) is 4.19. The first-order chi connectivity index (χ1) is 9.10.